The van der Waals surface area contributed by atoms with Crippen LogP contribution >= 0.6 is 38.9 Å². The molecule has 5 nitrogen and oxygen atoms in total. The van der Waals surface area contributed by atoms with Gasteiger partial charge in [-0.25, -0.2) is 4.68 Å². The van der Waals surface area contributed by atoms with Crippen LogP contribution in [0.2, 0.25) is 5.02 Å². The van der Waals surface area contributed by atoms with Gasteiger partial charge in [0.25, 0.3) is 0 Å². The molecule has 0 bridgehead atoms. The first-order valence-corrected chi connectivity index (χ1v) is 11.4. The average molecular weight is 498 g/mol. The molecule has 0 amide bonds. The van der Waals surface area contributed by atoms with Gasteiger partial charge in [0.1, 0.15) is 24.2 Å². The molecule has 0 aliphatic carbocycles. The molecule has 148 valence electrons. The number of rotatable bonds is 2. The van der Waals surface area contributed by atoms with Crippen molar-refractivity contribution in [3.63, 3.8) is 0 Å². The topological polar surface area (TPSA) is 52.0 Å². The van der Waals surface area contributed by atoms with E-state index < -0.39 is 0 Å². The van der Waals surface area contributed by atoms with Crippen LogP contribution in [-0.2, 0) is 0 Å². The molecule has 4 heterocycles. The van der Waals surface area contributed by atoms with Crippen molar-refractivity contribution in [3.05, 3.63) is 97.4 Å². The molecule has 0 fully saturated rings. The van der Waals surface area contributed by atoms with Crippen LogP contribution in [0.4, 0.5) is 5.95 Å². The summed E-state index contributed by atoms with van der Waals surface area (Å²) in [5.41, 5.74) is 4.07. The van der Waals surface area contributed by atoms with Crippen LogP contribution in [-0.4, -0.2) is 14.8 Å². The van der Waals surface area contributed by atoms with Crippen LogP contribution in [0.3, 0.4) is 0 Å². The summed E-state index contributed by atoms with van der Waals surface area (Å²) >= 11 is 11.6. The Morgan fingerprint density at radius 2 is 2.00 bits per heavy atom. The van der Waals surface area contributed by atoms with Crippen LogP contribution in [0.5, 0.6) is 5.75 Å². The lowest BCUT2D eigenvalue weighted by Crippen LogP contribution is -2.32. The quantitative estimate of drug-likeness (QED) is 0.352. The number of benzene rings is 2. The third-order valence-corrected chi connectivity index (χ3v) is 7.05. The van der Waals surface area contributed by atoms with Crippen molar-refractivity contribution in [2.75, 3.05) is 5.32 Å². The van der Waals surface area contributed by atoms with Gasteiger partial charge < -0.3 is 10.1 Å². The van der Waals surface area contributed by atoms with Gasteiger partial charge in [0, 0.05) is 25.5 Å². The Bertz CT molecular complexity index is 1280. The van der Waals surface area contributed by atoms with E-state index in [-0.39, 0.29) is 12.1 Å². The molecule has 1 N–H and O–H groups in total. The summed E-state index contributed by atoms with van der Waals surface area (Å²) in [5.74, 6) is 1.49. The first-order chi connectivity index (χ1) is 14.7. The zero-order valence-electron chi connectivity index (χ0n) is 15.4. The molecule has 0 radical (unpaired) electrons. The Hall–Kier alpha value is -2.61. The highest BCUT2D eigenvalue weighted by Gasteiger charge is 2.41. The minimum absolute atomic E-state index is 0.125. The van der Waals surface area contributed by atoms with E-state index in [9.17, 15) is 0 Å². The molecule has 0 saturated heterocycles. The lowest BCUT2D eigenvalue weighted by atomic mass is 9.87. The van der Waals surface area contributed by atoms with Crippen molar-refractivity contribution < 1.29 is 4.74 Å². The number of ether oxygens (including phenoxy) is 1. The maximum Gasteiger partial charge on any atom is 0.226 e. The van der Waals surface area contributed by atoms with Gasteiger partial charge in [-0.15, -0.1) is 11.3 Å². The largest absolute Gasteiger partial charge is 0.480 e. The summed E-state index contributed by atoms with van der Waals surface area (Å²) in [6, 6.07) is 18.0. The van der Waals surface area contributed by atoms with Crippen molar-refractivity contribution in [2.45, 2.75) is 12.1 Å². The second kappa shape index (κ2) is 6.97. The van der Waals surface area contributed by atoms with E-state index in [4.69, 9.17) is 16.3 Å². The highest BCUT2D eigenvalue weighted by molar-refractivity contribution is 9.10. The van der Waals surface area contributed by atoms with Gasteiger partial charge in [-0.3, -0.25) is 0 Å². The minimum atomic E-state index is -0.279. The Kier molecular flexibility index (Phi) is 4.23. The molecule has 0 spiro atoms. The molecule has 2 atom stereocenters. The van der Waals surface area contributed by atoms with Crippen molar-refractivity contribution in [2.24, 2.45) is 0 Å². The number of hydrogen-bond acceptors (Lipinski definition) is 5. The highest BCUT2D eigenvalue weighted by Crippen LogP contribution is 2.51. The third kappa shape index (κ3) is 2.80. The molecule has 0 unspecified atom stereocenters. The van der Waals surface area contributed by atoms with Crippen LogP contribution in [0, 0.1) is 0 Å². The number of nitrogens with zero attached hydrogens (tertiary/aromatic N) is 3. The molecule has 2 aliphatic rings. The zero-order chi connectivity index (χ0) is 20.2. The van der Waals surface area contributed by atoms with Crippen LogP contribution < -0.4 is 10.1 Å². The molecule has 4 aromatic rings. The van der Waals surface area contributed by atoms with Crippen molar-refractivity contribution in [1.29, 1.82) is 0 Å². The average Bonchev–Trinajstić information content (AvgIpc) is 3.44. The fraction of sp³-hybridized carbons (Fsp3) is 0.0909. The van der Waals surface area contributed by atoms with Gasteiger partial charge >= 0.3 is 0 Å². The summed E-state index contributed by atoms with van der Waals surface area (Å²) in [5, 5.41) is 10.8. The molecular weight excluding hydrogens is 484 g/mol. The van der Waals surface area contributed by atoms with Crippen LogP contribution in [0.1, 0.15) is 28.1 Å². The van der Waals surface area contributed by atoms with Crippen molar-refractivity contribution in [1.82, 2.24) is 14.8 Å². The number of fused-ring (bicyclic) bond motifs is 3. The molecule has 6 rings (SSSR count). The molecular formula is C22H14BrClN4OS. The zero-order valence-corrected chi connectivity index (χ0v) is 18.6. The van der Waals surface area contributed by atoms with E-state index in [0.717, 1.165) is 32.6 Å². The predicted molar refractivity (Wildman–Crippen MR) is 122 cm³/mol. The normalized spacial score (nSPS) is 19.4. The molecule has 2 aromatic heterocycles. The van der Waals surface area contributed by atoms with Gasteiger partial charge in [0.15, 0.2) is 0 Å². The second-order valence-corrected chi connectivity index (χ2v) is 9.42. The number of anilines is 1. The Morgan fingerprint density at radius 3 is 2.80 bits per heavy atom. The van der Waals surface area contributed by atoms with E-state index in [0.29, 0.717) is 11.0 Å². The number of thiophene rings is 1. The summed E-state index contributed by atoms with van der Waals surface area (Å²) < 4.78 is 9.53. The fourth-order valence-corrected chi connectivity index (χ4v) is 5.34. The molecule has 30 heavy (non-hydrogen) atoms. The maximum absolute atomic E-state index is 6.57. The molecule has 2 aliphatic heterocycles. The number of nitrogens with one attached hydrogen (secondary N) is 1. The van der Waals surface area contributed by atoms with E-state index in [1.807, 2.05) is 35.0 Å². The van der Waals surface area contributed by atoms with E-state index >= 15 is 0 Å². The number of halogens is 2. The summed E-state index contributed by atoms with van der Waals surface area (Å²) in [4.78, 5) is 5.62. The first-order valence-electron chi connectivity index (χ1n) is 9.35. The summed E-state index contributed by atoms with van der Waals surface area (Å²) in [7, 11) is 0. The Balaban J connectivity index is 1.63. The van der Waals surface area contributed by atoms with Gasteiger partial charge in [0.05, 0.1) is 5.70 Å². The second-order valence-electron chi connectivity index (χ2n) is 7.09. The lowest BCUT2D eigenvalue weighted by molar-refractivity contribution is 0.223. The SMILES string of the molecule is Clc1ccc2c(c1)C1=C([C@H](c3ccc(Br)cc3)O2)[C@@H](c2cccs2)n2ncnc2N1. The monoisotopic (exact) mass is 496 g/mol. The molecule has 2 aromatic carbocycles. The number of aromatic nitrogens is 3. The standard InChI is InChI=1S/C22H14BrClN4OS/c23-13-5-3-12(4-6-13)21-18-19(15-10-14(24)7-8-16(15)29-21)27-22-25-11-26-28(22)20(18)17-2-1-9-30-17/h1-11,20-21H,(H,25,26,27)/t20-,21+/m1/s1. The van der Waals surface area contributed by atoms with E-state index in [1.54, 1.807) is 17.7 Å². The van der Waals surface area contributed by atoms with Gasteiger partial charge in [-0.05, 0) is 47.3 Å². The fourth-order valence-electron chi connectivity index (χ4n) is 4.07. The van der Waals surface area contributed by atoms with E-state index in [2.05, 4.69) is 61.0 Å². The minimum Gasteiger partial charge on any atom is -0.480 e. The lowest BCUT2D eigenvalue weighted by Gasteiger charge is -2.38. The predicted octanol–water partition coefficient (Wildman–Crippen LogP) is 6.32. The van der Waals surface area contributed by atoms with Gasteiger partial charge in [0.2, 0.25) is 5.95 Å². The van der Waals surface area contributed by atoms with Crippen LogP contribution in [0.15, 0.2) is 76.4 Å². The third-order valence-electron chi connectivity index (χ3n) is 5.36. The summed E-state index contributed by atoms with van der Waals surface area (Å²) in [6.45, 7) is 0. The Morgan fingerprint density at radius 1 is 1.13 bits per heavy atom. The number of hydrogen-bond donors (Lipinski definition) is 1. The molecule has 8 heteroatoms. The first kappa shape index (κ1) is 18.2. The highest BCUT2D eigenvalue weighted by atomic mass is 79.9. The van der Waals surface area contributed by atoms with Crippen molar-refractivity contribution in [3.8, 4) is 5.75 Å². The van der Waals surface area contributed by atoms with E-state index in [1.165, 1.54) is 4.88 Å². The molecule has 0 saturated carbocycles. The smallest absolute Gasteiger partial charge is 0.226 e. The van der Waals surface area contributed by atoms with Gasteiger partial charge in [-0.2, -0.15) is 10.1 Å². The summed E-state index contributed by atoms with van der Waals surface area (Å²) in [6.07, 6.45) is 1.30. The Labute approximate surface area is 190 Å². The van der Waals surface area contributed by atoms with Gasteiger partial charge in [-0.1, -0.05) is 45.7 Å². The van der Waals surface area contributed by atoms with Crippen molar-refractivity contribution >= 4 is 50.5 Å². The maximum atomic E-state index is 6.57. The van der Waals surface area contributed by atoms with Crippen LogP contribution in [0.25, 0.3) is 5.70 Å².